The molecule has 0 unspecified atom stereocenters. The smallest absolute Gasteiger partial charge is 0.169 e. The van der Waals surface area contributed by atoms with Gasteiger partial charge in [0, 0.05) is 32.9 Å². The van der Waals surface area contributed by atoms with E-state index in [1.165, 1.54) is 36.8 Å². The van der Waals surface area contributed by atoms with Crippen LogP contribution in [0.3, 0.4) is 0 Å². The summed E-state index contributed by atoms with van der Waals surface area (Å²) in [6.45, 7) is 0.996. The Labute approximate surface area is 270 Å². The van der Waals surface area contributed by atoms with Gasteiger partial charge in [0.2, 0.25) is 0 Å². The molecule has 0 bridgehead atoms. The van der Waals surface area contributed by atoms with Crippen molar-refractivity contribution in [3.05, 3.63) is 174 Å². The number of thiophene rings is 1. The number of para-hydroxylation sites is 3. The fraction of sp³-hybridized carbons (Fsp3) is 0.0256. The highest BCUT2D eigenvalue weighted by Gasteiger charge is 2.07. The molecule has 0 aliphatic carbocycles. The first kappa shape index (κ1) is 29.8. The summed E-state index contributed by atoms with van der Waals surface area (Å²) in [5.41, 5.74) is 7.86. The summed E-state index contributed by atoms with van der Waals surface area (Å²) in [6, 6.07) is 47.2. The lowest BCUT2D eigenvalue weighted by Gasteiger charge is -1.87. The number of hydrogen-bond acceptors (Lipinski definition) is 4. The standard InChI is InChI=1S/2C8H7N.C8H6O.C8H6S.C7H5NS/c1-2-4-8-6-9-5-7(8)3-1;3*1-2-4-8-7(3-1)5-6-9-8;1-2-4-7-6(3-1)8-5-9-7/h1-5H,6H2;1-6,9H;2*1-6H;1-5H/p+1. The van der Waals surface area contributed by atoms with Crippen molar-refractivity contribution < 1.29 is 9.41 Å². The quantitative estimate of drug-likeness (QED) is 0.177. The van der Waals surface area contributed by atoms with Crippen LogP contribution in [0.1, 0.15) is 11.1 Å². The Kier molecular flexibility index (Phi) is 10.2. The predicted molar refractivity (Wildman–Crippen MR) is 192 cm³/mol. The van der Waals surface area contributed by atoms with Crippen LogP contribution < -0.4 is 4.99 Å². The van der Waals surface area contributed by atoms with Gasteiger partial charge in [-0.1, -0.05) is 84.9 Å². The summed E-state index contributed by atoms with van der Waals surface area (Å²) in [4.78, 5) is 10.4. The van der Waals surface area contributed by atoms with Crippen molar-refractivity contribution >= 4 is 71.1 Å². The molecule has 5 heterocycles. The SMILES string of the molecule is C1=[NH+]Cc2ccccc21.c1ccc2[nH]ccc2c1.c1ccc2occc2c1.c1ccc2sccc2c1.c1ccc2scnc2c1. The van der Waals surface area contributed by atoms with Gasteiger partial charge in [0.15, 0.2) is 12.8 Å². The molecule has 220 valence electrons. The number of nitrogens with zero attached hydrogens (tertiary/aromatic N) is 1. The second-order valence-electron chi connectivity index (χ2n) is 10.0. The summed E-state index contributed by atoms with van der Waals surface area (Å²) >= 11 is 3.46. The van der Waals surface area contributed by atoms with E-state index < -0.39 is 0 Å². The van der Waals surface area contributed by atoms with E-state index in [9.17, 15) is 0 Å². The van der Waals surface area contributed by atoms with Crippen molar-refractivity contribution in [3.63, 3.8) is 0 Å². The summed E-state index contributed by atoms with van der Waals surface area (Å²) in [5, 5.41) is 5.91. The van der Waals surface area contributed by atoms with Gasteiger partial charge >= 0.3 is 0 Å². The van der Waals surface area contributed by atoms with E-state index in [-0.39, 0.29) is 0 Å². The number of benzene rings is 5. The van der Waals surface area contributed by atoms with Crippen LogP contribution in [0.15, 0.2) is 167 Å². The molecule has 0 saturated heterocycles. The molecular weight excluding hydrogens is 591 g/mol. The minimum absolute atomic E-state index is 0.956. The van der Waals surface area contributed by atoms with Crippen LogP contribution in [-0.2, 0) is 6.54 Å². The zero-order valence-electron chi connectivity index (χ0n) is 24.5. The van der Waals surface area contributed by atoms with Gasteiger partial charge in [0.05, 0.1) is 22.0 Å². The van der Waals surface area contributed by atoms with Crippen molar-refractivity contribution in [2.24, 2.45) is 0 Å². The van der Waals surface area contributed by atoms with Gasteiger partial charge in [0.25, 0.3) is 0 Å². The number of aromatic amines is 1. The van der Waals surface area contributed by atoms with Gasteiger partial charge in [-0.25, -0.2) is 9.98 Å². The minimum Gasteiger partial charge on any atom is -0.464 e. The zero-order valence-corrected chi connectivity index (χ0v) is 26.2. The first-order valence-electron chi connectivity index (χ1n) is 14.6. The molecule has 0 radical (unpaired) electrons. The number of nitrogens with one attached hydrogen (secondary N) is 2. The first-order valence-corrected chi connectivity index (χ1v) is 16.4. The molecule has 1 aliphatic rings. The van der Waals surface area contributed by atoms with Gasteiger partial charge in [-0.05, 0) is 70.7 Å². The van der Waals surface area contributed by atoms with Crippen LogP contribution in [0, 0.1) is 0 Å². The number of rotatable bonds is 0. The third-order valence-corrected chi connectivity index (χ3v) is 8.74. The van der Waals surface area contributed by atoms with E-state index >= 15 is 0 Å². The summed E-state index contributed by atoms with van der Waals surface area (Å²) < 4.78 is 7.75. The molecule has 0 amide bonds. The Morgan fingerprint density at radius 1 is 0.622 bits per heavy atom. The molecule has 5 aromatic carbocycles. The van der Waals surface area contributed by atoms with Gasteiger partial charge < -0.3 is 9.40 Å². The lowest BCUT2D eigenvalue weighted by atomic mass is 10.1. The van der Waals surface area contributed by atoms with E-state index in [0.717, 1.165) is 23.0 Å². The van der Waals surface area contributed by atoms with Gasteiger partial charge in [-0.2, -0.15) is 0 Å². The molecule has 45 heavy (non-hydrogen) atoms. The maximum absolute atomic E-state index is 5.12. The third-order valence-electron chi connectivity index (χ3n) is 7.03. The molecule has 1 aliphatic heterocycles. The van der Waals surface area contributed by atoms with Crippen LogP contribution in [0.2, 0.25) is 0 Å². The molecule has 4 aromatic heterocycles. The summed E-state index contributed by atoms with van der Waals surface area (Å²) in [7, 11) is 0. The van der Waals surface area contributed by atoms with Crippen molar-refractivity contribution in [3.8, 4) is 0 Å². The highest BCUT2D eigenvalue weighted by Crippen LogP contribution is 2.19. The Bertz CT molecular complexity index is 1850. The van der Waals surface area contributed by atoms with Crippen LogP contribution >= 0.6 is 22.7 Å². The Balaban J connectivity index is 0.0000000992. The fourth-order valence-corrected chi connectivity index (χ4v) is 6.19. The molecule has 0 saturated carbocycles. The maximum atomic E-state index is 5.12. The molecule has 9 aromatic rings. The Morgan fingerprint density at radius 2 is 1.36 bits per heavy atom. The highest BCUT2D eigenvalue weighted by atomic mass is 32.1. The molecule has 4 nitrogen and oxygen atoms in total. The average molecular weight is 623 g/mol. The number of fused-ring (bicyclic) bond motifs is 5. The third kappa shape index (κ3) is 8.21. The lowest BCUT2D eigenvalue weighted by Crippen LogP contribution is -2.63. The number of furan rings is 1. The minimum atomic E-state index is 0.956. The number of H-pyrrole nitrogens is 1. The van der Waals surface area contributed by atoms with Crippen molar-refractivity contribution in [2.45, 2.75) is 6.54 Å². The van der Waals surface area contributed by atoms with Gasteiger partial charge in [-0.15, -0.1) is 22.7 Å². The molecule has 6 heteroatoms. The van der Waals surface area contributed by atoms with Crippen LogP contribution in [0.25, 0.3) is 42.2 Å². The second kappa shape index (κ2) is 15.4. The van der Waals surface area contributed by atoms with E-state index in [2.05, 4.69) is 105 Å². The number of aromatic nitrogens is 2. The molecule has 0 fully saturated rings. The van der Waals surface area contributed by atoms with Gasteiger partial charge in [-0.3, -0.25) is 0 Å². The van der Waals surface area contributed by atoms with Gasteiger partial charge in [0.1, 0.15) is 5.58 Å². The first-order chi connectivity index (χ1) is 22.3. The molecule has 10 rings (SSSR count). The highest BCUT2D eigenvalue weighted by molar-refractivity contribution is 7.17. The Hall–Kier alpha value is -5.30. The van der Waals surface area contributed by atoms with Crippen molar-refractivity contribution in [1.82, 2.24) is 9.97 Å². The monoisotopic (exact) mass is 622 g/mol. The van der Waals surface area contributed by atoms with E-state index in [0.29, 0.717) is 0 Å². The summed E-state index contributed by atoms with van der Waals surface area (Å²) in [5.74, 6) is 0. The fourth-order valence-electron chi connectivity index (χ4n) is 4.72. The normalized spacial score (nSPS) is 10.9. The van der Waals surface area contributed by atoms with E-state index in [4.69, 9.17) is 4.42 Å². The molecular formula is C39H32N3OS2+. The number of thiazole rings is 1. The summed E-state index contributed by atoms with van der Waals surface area (Å²) in [6.07, 6.45) is 5.70. The van der Waals surface area contributed by atoms with Crippen LogP contribution in [0.4, 0.5) is 0 Å². The maximum Gasteiger partial charge on any atom is 0.169 e. The zero-order chi connectivity index (χ0) is 30.5. The molecule has 0 spiro atoms. The second-order valence-corrected chi connectivity index (χ2v) is 11.9. The number of hydrogen-bond donors (Lipinski definition) is 2. The predicted octanol–water partition coefficient (Wildman–Crippen LogP) is 9.50. The Morgan fingerprint density at radius 3 is 2.18 bits per heavy atom. The molecule has 0 atom stereocenters. The van der Waals surface area contributed by atoms with Crippen LogP contribution in [0.5, 0.6) is 0 Å². The average Bonchev–Trinajstić information content (AvgIpc) is 3.95. The van der Waals surface area contributed by atoms with Crippen molar-refractivity contribution in [1.29, 1.82) is 0 Å². The van der Waals surface area contributed by atoms with Crippen LogP contribution in [-0.4, -0.2) is 16.2 Å². The van der Waals surface area contributed by atoms with E-state index in [1.807, 2.05) is 72.4 Å². The molecule has 2 N–H and O–H groups in total. The lowest BCUT2D eigenvalue weighted by molar-refractivity contribution is -0.464. The topological polar surface area (TPSA) is 55.8 Å². The van der Waals surface area contributed by atoms with Crippen molar-refractivity contribution in [2.75, 3.05) is 0 Å². The largest absolute Gasteiger partial charge is 0.464 e. The van der Waals surface area contributed by atoms with E-state index in [1.54, 1.807) is 28.9 Å².